The summed E-state index contributed by atoms with van der Waals surface area (Å²) in [4.78, 5) is 18.4. The second-order valence-corrected chi connectivity index (χ2v) is 7.97. The zero-order valence-corrected chi connectivity index (χ0v) is 16.8. The summed E-state index contributed by atoms with van der Waals surface area (Å²) in [7, 11) is 0. The van der Waals surface area contributed by atoms with Crippen LogP contribution < -0.4 is 5.73 Å². The van der Waals surface area contributed by atoms with Crippen molar-refractivity contribution in [2.45, 2.75) is 24.8 Å². The molecule has 31 heavy (non-hydrogen) atoms. The molecule has 1 fully saturated rings. The minimum atomic E-state index is -0.201. The fourth-order valence-electron chi connectivity index (χ4n) is 4.13. The third-order valence-corrected chi connectivity index (χ3v) is 6.04. The van der Waals surface area contributed by atoms with Gasteiger partial charge in [-0.25, -0.2) is 19.9 Å². The summed E-state index contributed by atoms with van der Waals surface area (Å²) in [6.45, 7) is 0. The van der Waals surface area contributed by atoms with E-state index in [1.165, 1.54) is 12.8 Å². The van der Waals surface area contributed by atoms with Gasteiger partial charge in [-0.2, -0.15) is 0 Å². The first-order valence-corrected chi connectivity index (χ1v) is 10.3. The normalized spacial score (nSPS) is 15.1. The lowest BCUT2D eigenvalue weighted by Crippen LogP contribution is -2.43. The van der Waals surface area contributed by atoms with E-state index in [-0.39, 0.29) is 5.54 Å². The molecule has 0 amide bonds. The number of oxazole rings is 1. The minimum absolute atomic E-state index is 0.201. The lowest BCUT2D eigenvalue weighted by Gasteiger charge is -2.38. The number of fused-ring (bicyclic) bond motifs is 1. The first-order valence-electron chi connectivity index (χ1n) is 10.3. The second kappa shape index (κ2) is 6.85. The molecule has 0 radical (unpaired) electrons. The second-order valence-electron chi connectivity index (χ2n) is 7.97. The SMILES string of the molecule is NC1(c2ccc(-n3c(-c4cocn4)nc4cnc(-c5ccccc5)nc43)cc2)CCC1. The molecule has 0 spiro atoms. The predicted molar refractivity (Wildman–Crippen MR) is 117 cm³/mol. The molecule has 0 saturated heterocycles. The summed E-state index contributed by atoms with van der Waals surface area (Å²) in [6, 6.07) is 18.3. The van der Waals surface area contributed by atoms with Crippen molar-refractivity contribution >= 4 is 11.2 Å². The molecule has 1 aliphatic carbocycles. The Hall–Kier alpha value is -3.84. The fourth-order valence-corrected chi connectivity index (χ4v) is 4.13. The first-order chi connectivity index (χ1) is 15.2. The van der Waals surface area contributed by atoms with Gasteiger partial charge in [0.2, 0.25) is 0 Å². The lowest BCUT2D eigenvalue weighted by atomic mass is 9.73. The maximum Gasteiger partial charge on any atom is 0.181 e. The van der Waals surface area contributed by atoms with Gasteiger partial charge in [0.25, 0.3) is 0 Å². The molecule has 3 aromatic heterocycles. The quantitative estimate of drug-likeness (QED) is 0.471. The van der Waals surface area contributed by atoms with E-state index in [4.69, 9.17) is 20.1 Å². The largest absolute Gasteiger partial charge is 0.451 e. The number of rotatable bonds is 4. The average Bonchev–Trinajstić information content (AvgIpc) is 3.45. The molecule has 5 aromatic rings. The molecule has 2 aromatic carbocycles. The van der Waals surface area contributed by atoms with Crippen LogP contribution in [0.5, 0.6) is 0 Å². The summed E-state index contributed by atoms with van der Waals surface area (Å²) in [6.07, 6.45) is 7.97. The van der Waals surface area contributed by atoms with Gasteiger partial charge in [-0.1, -0.05) is 42.5 Å². The molecule has 3 heterocycles. The fraction of sp³-hybridized carbons (Fsp3) is 0.167. The van der Waals surface area contributed by atoms with Crippen molar-refractivity contribution in [1.29, 1.82) is 0 Å². The summed E-state index contributed by atoms with van der Waals surface area (Å²) in [5, 5.41) is 0. The molecule has 6 rings (SSSR count). The summed E-state index contributed by atoms with van der Waals surface area (Å²) < 4.78 is 7.21. The third kappa shape index (κ3) is 2.93. The van der Waals surface area contributed by atoms with Crippen molar-refractivity contribution in [3.63, 3.8) is 0 Å². The summed E-state index contributed by atoms with van der Waals surface area (Å²) in [5.41, 5.74) is 11.4. The Labute approximate surface area is 178 Å². The Morgan fingerprint density at radius 3 is 2.42 bits per heavy atom. The van der Waals surface area contributed by atoms with E-state index in [2.05, 4.69) is 34.2 Å². The molecule has 2 N–H and O–H groups in total. The van der Waals surface area contributed by atoms with Crippen molar-refractivity contribution in [3.05, 3.63) is 79.0 Å². The third-order valence-electron chi connectivity index (χ3n) is 6.04. The highest BCUT2D eigenvalue weighted by molar-refractivity contribution is 5.80. The van der Waals surface area contributed by atoms with E-state index in [1.807, 2.05) is 34.9 Å². The van der Waals surface area contributed by atoms with Crippen LogP contribution in [0.4, 0.5) is 0 Å². The van der Waals surface area contributed by atoms with Crippen LogP contribution in [0.2, 0.25) is 0 Å². The van der Waals surface area contributed by atoms with Gasteiger partial charge in [0.1, 0.15) is 17.5 Å². The van der Waals surface area contributed by atoms with Gasteiger partial charge in [0.05, 0.1) is 6.20 Å². The highest BCUT2D eigenvalue weighted by Crippen LogP contribution is 2.39. The van der Waals surface area contributed by atoms with Crippen molar-refractivity contribution in [2.24, 2.45) is 5.73 Å². The van der Waals surface area contributed by atoms with Gasteiger partial charge >= 0.3 is 0 Å². The topological polar surface area (TPSA) is 95.7 Å². The van der Waals surface area contributed by atoms with Crippen molar-refractivity contribution < 1.29 is 4.42 Å². The molecule has 0 bridgehead atoms. The van der Waals surface area contributed by atoms with E-state index in [9.17, 15) is 0 Å². The van der Waals surface area contributed by atoms with Crippen LogP contribution in [0.3, 0.4) is 0 Å². The van der Waals surface area contributed by atoms with Crippen LogP contribution >= 0.6 is 0 Å². The maximum atomic E-state index is 6.51. The number of benzene rings is 2. The monoisotopic (exact) mass is 408 g/mol. The number of aromatic nitrogens is 5. The van der Waals surface area contributed by atoms with Gasteiger partial charge in [0.15, 0.2) is 23.7 Å². The Bertz CT molecular complexity index is 1350. The van der Waals surface area contributed by atoms with Gasteiger partial charge < -0.3 is 10.2 Å². The number of nitrogens with two attached hydrogens (primary N) is 1. The van der Waals surface area contributed by atoms with Crippen LogP contribution in [0.25, 0.3) is 39.8 Å². The standard InChI is InChI=1S/C24H20N6O/c25-24(11-4-12-24)17-7-9-18(10-8-17)30-22-19(28-23(30)20-14-31-15-27-20)13-26-21(29-22)16-5-2-1-3-6-16/h1-3,5-10,13-15H,4,11-12,25H2. The molecule has 7 heteroatoms. The van der Waals surface area contributed by atoms with E-state index in [1.54, 1.807) is 12.5 Å². The van der Waals surface area contributed by atoms with Crippen LogP contribution in [0, 0.1) is 0 Å². The van der Waals surface area contributed by atoms with E-state index >= 15 is 0 Å². The molecule has 0 unspecified atom stereocenters. The van der Waals surface area contributed by atoms with Gasteiger partial charge in [0, 0.05) is 16.8 Å². The molecule has 1 aliphatic rings. The van der Waals surface area contributed by atoms with Gasteiger partial charge in [-0.15, -0.1) is 0 Å². The van der Waals surface area contributed by atoms with Gasteiger partial charge in [-0.05, 0) is 37.0 Å². The van der Waals surface area contributed by atoms with Crippen LogP contribution in [-0.2, 0) is 5.54 Å². The highest BCUT2D eigenvalue weighted by atomic mass is 16.3. The Kier molecular flexibility index (Phi) is 3.97. The Morgan fingerprint density at radius 1 is 0.935 bits per heavy atom. The Morgan fingerprint density at radius 2 is 1.74 bits per heavy atom. The summed E-state index contributed by atoms with van der Waals surface area (Å²) in [5.74, 6) is 1.30. The van der Waals surface area contributed by atoms with Crippen LogP contribution in [0.1, 0.15) is 24.8 Å². The van der Waals surface area contributed by atoms with E-state index in [0.29, 0.717) is 28.5 Å². The zero-order chi connectivity index (χ0) is 20.8. The van der Waals surface area contributed by atoms with Crippen molar-refractivity contribution in [2.75, 3.05) is 0 Å². The molecule has 7 nitrogen and oxygen atoms in total. The number of hydrogen-bond acceptors (Lipinski definition) is 6. The molecular formula is C24H20N6O. The van der Waals surface area contributed by atoms with Crippen molar-refractivity contribution in [3.8, 4) is 28.6 Å². The first kappa shape index (κ1) is 18.0. The smallest absolute Gasteiger partial charge is 0.181 e. The molecular weight excluding hydrogens is 388 g/mol. The van der Waals surface area contributed by atoms with E-state index in [0.717, 1.165) is 29.7 Å². The van der Waals surface area contributed by atoms with Crippen molar-refractivity contribution in [1.82, 2.24) is 24.5 Å². The highest BCUT2D eigenvalue weighted by Gasteiger charge is 2.34. The number of hydrogen-bond donors (Lipinski definition) is 1. The Balaban J connectivity index is 1.54. The number of nitrogens with zero attached hydrogens (tertiary/aromatic N) is 5. The average molecular weight is 408 g/mol. The molecule has 0 aliphatic heterocycles. The zero-order valence-electron chi connectivity index (χ0n) is 16.8. The summed E-state index contributed by atoms with van der Waals surface area (Å²) >= 11 is 0. The maximum absolute atomic E-state index is 6.51. The predicted octanol–water partition coefficient (Wildman–Crippen LogP) is 4.48. The van der Waals surface area contributed by atoms with Gasteiger partial charge in [-0.3, -0.25) is 4.57 Å². The minimum Gasteiger partial charge on any atom is -0.451 e. The lowest BCUT2D eigenvalue weighted by molar-refractivity contribution is 0.253. The molecule has 152 valence electrons. The van der Waals surface area contributed by atoms with Crippen LogP contribution in [-0.4, -0.2) is 24.5 Å². The number of imidazole rings is 1. The molecule has 0 atom stereocenters. The molecule has 1 saturated carbocycles. The van der Waals surface area contributed by atoms with E-state index < -0.39 is 0 Å². The van der Waals surface area contributed by atoms with Crippen LogP contribution in [0.15, 0.2) is 77.9 Å².